The summed E-state index contributed by atoms with van der Waals surface area (Å²) < 4.78 is 0. The van der Waals surface area contributed by atoms with E-state index in [9.17, 15) is 9.59 Å². The molecule has 20 heavy (non-hydrogen) atoms. The first kappa shape index (κ1) is 18.4. The Morgan fingerprint density at radius 3 is 2.35 bits per heavy atom. The third-order valence-electron chi connectivity index (χ3n) is 2.92. The van der Waals surface area contributed by atoms with Crippen LogP contribution in [0, 0.1) is 0 Å². The fourth-order valence-electron chi connectivity index (χ4n) is 1.81. The molecular weight excluding hydrogens is 256 g/mol. The Labute approximate surface area is 121 Å². The predicted molar refractivity (Wildman–Crippen MR) is 80.1 cm³/mol. The van der Waals surface area contributed by atoms with Crippen LogP contribution in [-0.4, -0.2) is 36.1 Å². The molecule has 0 aromatic carbocycles. The second-order valence-electron chi connectivity index (χ2n) is 4.81. The van der Waals surface area contributed by atoms with Crippen LogP contribution in [-0.2, 0) is 9.59 Å². The molecule has 0 heterocycles. The number of carbonyl (C=O) groups is 2. The van der Waals surface area contributed by atoms with Gasteiger partial charge in [0.05, 0.1) is 6.61 Å². The number of rotatable bonds is 5. The Bertz CT molecular complexity index is 334. The molecule has 0 saturated heterocycles. The van der Waals surface area contributed by atoms with Crippen molar-refractivity contribution in [3.63, 3.8) is 0 Å². The van der Waals surface area contributed by atoms with Crippen molar-refractivity contribution in [2.24, 2.45) is 0 Å². The van der Waals surface area contributed by atoms with Crippen molar-refractivity contribution in [2.45, 2.75) is 45.1 Å². The topological polar surface area (TPSA) is 78.4 Å². The summed E-state index contributed by atoms with van der Waals surface area (Å²) in [5, 5.41) is 13.5. The van der Waals surface area contributed by atoms with Gasteiger partial charge in [-0.1, -0.05) is 32.4 Å². The van der Waals surface area contributed by atoms with Crippen molar-refractivity contribution in [1.82, 2.24) is 10.6 Å². The maximum absolute atomic E-state index is 11.2. The van der Waals surface area contributed by atoms with Crippen molar-refractivity contribution in [3.05, 3.63) is 24.8 Å². The first-order valence-corrected chi connectivity index (χ1v) is 6.98. The minimum absolute atomic E-state index is 0.0156. The molecule has 2 amide bonds. The largest absolute Gasteiger partial charge is 0.395 e. The third-order valence-corrected chi connectivity index (χ3v) is 2.92. The van der Waals surface area contributed by atoms with Gasteiger partial charge in [-0.25, -0.2) is 0 Å². The Hall–Kier alpha value is -1.62. The first-order valence-electron chi connectivity index (χ1n) is 6.98. The molecule has 1 saturated carbocycles. The number of aliphatic hydroxyl groups excluding tert-OH is 1. The maximum Gasteiger partial charge on any atom is 0.246 e. The van der Waals surface area contributed by atoms with Gasteiger partial charge in [-0.3, -0.25) is 9.59 Å². The highest BCUT2D eigenvalue weighted by molar-refractivity contribution is 5.92. The third kappa shape index (κ3) is 9.33. The zero-order chi connectivity index (χ0) is 15.4. The maximum atomic E-state index is 11.2. The molecule has 5 heteroatoms. The van der Waals surface area contributed by atoms with Gasteiger partial charge in [-0.05, 0) is 25.8 Å². The van der Waals surface area contributed by atoms with E-state index in [4.69, 9.17) is 5.11 Å². The standard InChI is InChI=1S/C10H17NO.C5H9NO2/c1-8(2)10(12)11-9-6-4-3-5-7-9;1-2-5(8)6-3-4-7/h9H,1,3-7H2,2H3,(H,11,12);2,7H,1,3-4H2,(H,6,8). The van der Waals surface area contributed by atoms with Crippen LogP contribution in [0.1, 0.15) is 39.0 Å². The van der Waals surface area contributed by atoms with Gasteiger partial charge < -0.3 is 15.7 Å². The van der Waals surface area contributed by atoms with E-state index in [0.717, 1.165) is 18.9 Å². The lowest BCUT2D eigenvalue weighted by Crippen LogP contribution is -2.36. The van der Waals surface area contributed by atoms with E-state index < -0.39 is 0 Å². The van der Waals surface area contributed by atoms with E-state index in [-0.39, 0.29) is 18.4 Å². The highest BCUT2D eigenvalue weighted by Crippen LogP contribution is 2.17. The van der Waals surface area contributed by atoms with Crippen LogP contribution in [0.15, 0.2) is 24.8 Å². The number of amides is 2. The van der Waals surface area contributed by atoms with E-state index in [1.165, 1.54) is 19.3 Å². The minimum Gasteiger partial charge on any atom is -0.395 e. The smallest absolute Gasteiger partial charge is 0.246 e. The van der Waals surface area contributed by atoms with Crippen LogP contribution in [0.25, 0.3) is 0 Å². The van der Waals surface area contributed by atoms with Gasteiger partial charge in [0.15, 0.2) is 0 Å². The zero-order valence-corrected chi connectivity index (χ0v) is 12.3. The molecule has 1 aliphatic rings. The molecule has 1 aliphatic carbocycles. The molecule has 0 aliphatic heterocycles. The molecule has 0 spiro atoms. The number of hydrogen-bond acceptors (Lipinski definition) is 3. The molecule has 5 nitrogen and oxygen atoms in total. The fourth-order valence-corrected chi connectivity index (χ4v) is 1.81. The van der Waals surface area contributed by atoms with Gasteiger partial charge in [0.2, 0.25) is 11.8 Å². The molecule has 0 atom stereocenters. The van der Waals surface area contributed by atoms with Crippen LogP contribution >= 0.6 is 0 Å². The molecule has 0 aromatic heterocycles. The van der Waals surface area contributed by atoms with Gasteiger partial charge in [-0.2, -0.15) is 0 Å². The SMILES string of the molecule is C=C(C)C(=O)NC1CCCCC1.C=CC(=O)NCCO. The van der Waals surface area contributed by atoms with Gasteiger partial charge in [0.25, 0.3) is 0 Å². The lowest BCUT2D eigenvalue weighted by Gasteiger charge is -2.22. The average Bonchev–Trinajstić information content (AvgIpc) is 2.46. The van der Waals surface area contributed by atoms with Crippen LogP contribution < -0.4 is 10.6 Å². The van der Waals surface area contributed by atoms with Crippen LogP contribution in [0.4, 0.5) is 0 Å². The van der Waals surface area contributed by atoms with E-state index in [2.05, 4.69) is 23.8 Å². The Morgan fingerprint density at radius 1 is 1.30 bits per heavy atom. The van der Waals surface area contributed by atoms with Crippen molar-refractivity contribution >= 4 is 11.8 Å². The van der Waals surface area contributed by atoms with Crippen molar-refractivity contribution in [3.8, 4) is 0 Å². The fraction of sp³-hybridized carbons (Fsp3) is 0.600. The lowest BCUT2D eigenvalue weighted by molar-refractivity contribution is -0.118. The number of carbonyl (C=O) groups excluding carboxylic acids is 2. The summed E-state index contributed by atoms with van der Waals surface area (Å²) in [5.74, 6) is -0.235. The quantitative estimate of drug-likeness (QED) is 0.665. The van der Waals surface area contributed by atoms with Crippen LogP contribution in [0.2, 0.25) is 0 Å². The van der Waals surface area contributed by atoms with Gasteiger partial charge in [0.1, 0.15) is 0 Å². The number of nitrogens with one attached hydrogen (secondary N) is 2. The molecular formula is C15H26N2O3. The zero-order valence-electron chi connectivity index (χ0n) is 12.3. The lowest BCUT2D eigenvalue weighted by atomic mass is 9.95. The molecule has 0 bridgehead atoms. The molecule has 3 N–H and O–H groups in total. The van der Waals surface area contributed by atoms with Crippen molar-refractivity contribution in [2.75, 3.05) is 13.2 Å². The number of hydrogen-bond donors (Lipinski definition) is 3. The summed E-state index contributed by atoms with van der Waals surface area (Å²) in [6.07, 6.45) is 7.26. The van der Waals surface area contributed by atoms with E-state index in [1.54, 1.807) is 6.92 Å². The summed E-state index contributed by atoms with van der Waals surface area (Å²) in [4.78, 5) is 21.4. The highest BCUT2D eigenvalue weighted by Gasteiger charge is 2.15. The summed E-state index contributed by atoms with van der Waals surface area (Å²) in [7, 11) is 0. The molecule has 114 valence electrons. The summed E-state index contributed by atoms with van der Waals surface area (Å²) in [6.45, 7) is 8.84. The Morgan fingerprint density at radius 2 is 1.90 bits per heavy atom. The first-order chi connectivity index (χ1) is 9.51. The second kappa shape index (κ2) is 11.2. The van der Waals surface area contributed by atoms with Crippen LogP contribution in [0.3, 0.4) is 0 Å². The molecule has 0 radical (unpaired) electrons. The monoisotopic (exact) mass is 282 g/mol. The van der Waals surface area contributed by atoms with Crippen LogP contribution in [0.5, 0.6) is 0 Å². The van der Waals surface area contributed by atoms with E-state index >= 15 is 0 Å². The number of aliphatic hydroxyl groups is 1. The van der Waals surface area contributed by atoms with E-state index in [0.29, 0.717) is 18.2 Å². The van der Waals surface area contributed by atoms with Crippen molar-refractivity contribution < 1.29 is 14.7 Å². The van der Waals surface area contributed by atoms with Gasteiger partial charge in [-0.15, -0.1) is 0 Å². The highest BCUT2D eigenvalue weighted by atomic mass is 16.3. The van der Waals surface area contributed by atoms with Crippen molar-refractivity contribution in [1.29, 1.82) is 0 Å². The summed E-state index contributed by atoms with van der Waals surface area (Å²) >= 11 is 0. The van der Waals surface area contributed by atoms with Gasteiger partial charge in [0, 0.05) is 18.2 Å². The minimum atomic E-state index is -0.251. The Balaban J connectivity index is 0.000000396. The second-order valence-corrected chi connectivity index (χ2v) is 4.81. The molecule has 0 unspecified atom stereocenters. The predicted octanol–water partition coefficient (Wildman–Crippen LogP) is 1.29. The van der Waals surface area contributed by atoms with Gasteiger partial charge >= 0.3 is 0 Å². The average molecular weight is 282 g/mol. The molecule has 0 aromatic rings. The van der Waals surface area contributed by atoms with E-state index in [1.807, 2.05) is 0 Å². The molecule has 1 fully saturated rings. The Kier molecular flexibility index (Phi) is 10.3. The summed E-state index contributed by atoms with van der Waals surface area (Å²) in [6, 6.07) is 0.406. The summed E-state index contributed by atoms with van der Waals surface area (Å²) in [5.41, 5.74) is 0.612. The normalized spacial score (nSPS) is 14.5. The molecule has 1 rings (SSSR count).